The van der Waals surface area contributed by atoms with E-state index in [1.54, 1.807) is 31.5 Å². The molecule has 0 atom stereocenters. The second kappa shape index (κ2) is 6.16. The molecule has 0 fully saturated rings. The van der Waals surface area contributed by atoms with Crippen molar-refractivity contribution in [2.75, 3.05) is 5.73 Å². The van der Waals surface area contributed by atoms with E-state index >= 15 is 0 Å². The zero-order chi connectivity index (χ0) is 17.1. The Morgan fingerprint density at radius 1 is 1.29 bits per heavy atom. The first-order valence-corrected chi connectivity index (χ1v) is 6.74. The zero-order valence-corrected chi connectivity index (χ0v) is 12.6. The lowest BCUT2D eigenvalue weighted by molar-refractivity contribution is 0.0936. The molecule has 3 aromatic rings. The Kier molecular flexibility index (Phi) is 3.89. The normalized spacial score (nSPS) is 10.4. The molecule has 24 heavy (non-hydrogen) atoms. The number of carbonyl (C=O) groups excluding carboxylic acids is 1. The van der Waals surface area contributed by atoms with Crippen LogP contribution in [0.5, 0.6) is 0 Å². The SMILES string of the molecule is C=C(NNC(=O)c1nnn(-c2nonc2N)c1C)c1ccncc1. The number of nitrogens with one attached hydrogen (secondary N) is 2. The van der Waals surface area contributed by atoms with Crippen molar-refractivity contribution in [3.63, 3.8) is 0 Å². The van der Waals surface area contributed by atoms with Crippen molar-refractivity contribution < 1.29 is 9.42 Å². The highest BCUT2D eigenvalue weighted by atomic mass is 16.6. The molecule has 11 nitrogen and oxygen atoms in total. The van der Waals surface area contributed by atoms with Crippen molar-refractivity contribution in [3.05, 3.63) is 48.1 Å². The molecule has 0 aliphatic heterocycles. The number of nitrogen functional groups attached to an aromatic ring is 1. The Morgan fingerprint density at radius 2 is 2.04 bits per heavy atom. The highest BCUT2D eigenvalue weighted by molar-refractivity contribution is 5.93. The van der Waals surface area contributed by atoms with E-state index in [9.17, 15) is 4.79 Å². The Balaban J connectivity index is 1.71. The number of anilines is 1. The number of hydrazine groups is 1. The minimum Gasteiger partial charge on any atom is -0.378 e. The molecular weight excluding hydrogens is 314 g/mol. The predicted molar refractivity (Wildman–Crippen MR) is 82.2 cm³/mol. The lowest BCUT2D eigenvalue weighted by Gasteiger charge is -2.10. The van der Waals surface area contributed by atoms with Gasteiger partial charge in [0.05, 0.1) is 11.4 Å². The fourth-order valence-electron chi connectivity index (χ4n) is 1.89. The summed E-state index contributed by atoms with van der Waals surface area (Å²) >= 11 is 0. The second-order valence-electron chi connectivity index (χ2n) is 4.70. The second-order valence-corrected chi connectivity index (χ2v) is 4.70. The average molecular weight is 327 g/mol. The molecule has 0 radical (unpaired) electrons. The van der Waals surface area contributed by atoms with Gasteiger partial charge in [-0.3, -0.25) is 20.6 Å². The van der Waals surface area contributed by atoms with Gasteiger partial charge in [0.15, 0.2) is 5.69 Å². The van der Waals surface area contributed by atoms with E-state index in [0.717, 1.165) is 5.56 Å². The number of rotatable bonds is 5. The molecule has 4 N–H and O–H groups in total. The summed E-state index contributed by atoms with van der Waals surface area (Å²) in [6.07, 6.45) is 3.24. The molecule has 0 aromatic carbocycles. The summed E-state index contributed by atoms with van der Waals surface area (Å²) < 4.78 is 5.77. The zero-order valence-electron chi connectivity index (χ0n) is 12.6. The van der Waals surface area contributed by atoms with Gasteiger partial charge in [0.2, 0.25) is 11.6 Å². The van der Waals surface area contributed by atoms with E-state index < -0.39 is 5.91 Å². The van der Waals surface area contributed by atoms with E-state index in [0.29, 0.717) is 11.4 Å². The van der Waals surface area contributed by atoms with Gasteiger partial charge < -0.3 is 5.73 Å². The van der Waals surface area contributed by atoms with Crippen molar-refractivity contribution in [3.8, 4) is 5.82 Å². The van der Waals surface area contributed by atoms with Crippen LogP contribution >= 0.6 is 0 Å². The molecule has 3 aromatic heterocycles. The summed E-state index contributed by atoms with van der Waals surface area (Å²) in [7, 11) is 0. The molecule has 0 aliphatic rings. The third kappa shape index (κ3) is 2.77. The number of nitrogens with zero attached hydrogens (tertiary/aromatic N) is 6. The van der Waals surface area contributed by atoms with E-state index in [1.165, 1.54) is 4.68 Å². The summed E-state index contributed by atoms with van der Waals surface area (Å²) in [6.45, 7) is 5.47. The summed E-state index contributed by atoms with van der Waals surface area (Å²) in [4.78, 5) is 16.1. The summed E-state index contributed by atoms with van der Waals surface area (Å²) in [5, 5.41) is 14.7. The van der Waals surface area contributed by atoms with Gasteiger partial charge >= 0.3 is 0 Å². The number of pyridine rings is 1. The van der Waals surface area contributed by atoms with Gasteiger partial charge in [-0.2, -0.15) is 4.68 Å². The average Bonchev–Trinajstić information content (AvgIpc) is 3.18. The van der Waals surface area contributed by atoms with E-state index in [1.807, 2.05) is 0 Å². The molecule has 1 amide bonds. The van der Waals surface area contributed by atoms with Crippen LogP contribution in [-0.4, -0.2) is 36.2 Å². The van der Waals surface area contributed by atoms with Gasteiger partial charge in [-0.15, -0.1) is 5.10 Å². The van der Waals surface area contributed by atoms with Gasteiger partial charge in [-0.1, -0.05) is 11.8 Å². The molecule has 0 aliphatic carbocycles. The Bertz CT molecular complexity index is 884. The number of carbonyl (C=O) groups is 1. The first-order chi connectivity index (χ1) is 11.6. The smallest absolute Gasteiger partial charge is 0.292 e. The van der Waals surface area contributed by atoms with Gasteiger partial charge in [0.25, 0.3) is 5.91 Å². The van der Waals surface area contributed by atoms with Gasteiger partial charge in [0.1, 0.15) is 0 Å². The van der Waals surface area contributed by atoms with Crippen LogP contribution in [0.2, 0.25) is 0 Å². The van der Waals surface area contributed by atoms with Crippen molar-refractivity contribution >= 4 is 17.4 Å². The quantitative estimate of drug-likeness (QED) is 0.543. The summed E-state index contributed by atoms with van der Waals surface area (Å²) in [5.41, 5.74) is 12.6. The lowest BCUT2D eigenvalue weighted by Crippen LogP contribution is -2.36. The number of hydrogen-bond acceptors (Lipinski definition) is 9. The monoisotopic (exact) mass is 327 g/mol. The van der Waals surface area contributed by atoms with Gasteiger partial charge in [-0.25, -0.2) is 4.63 Å². The molecule has 0 spiro atoms. The highest BCUT2D eigenvalue weighted by Gasteiger charge is 2.20. The number of nitrogens with two attached hydrogens (primary N) is 1. The topological polar surface area (TPSA) is 150 Å². The Hall–Kier alpha value is -3.76. The van der Waals surface area contributed by atoms with E-state index in [-0.39, 0.29) is 17.3 Å². The van der Waals surface area contributed by atoms with Crippen LogP contribution in [-0.2, 0) is 0 Å². The van der Waals surface area contributed by atoms with Crippen LogP contribution in [0.1, 0.15) is 21.7 Å². The van der Waals surface area contributed by atoms with Crippen LogP contribution in [0.4, 0.5) is 5.82 Å². The Labute approximate surface area is 135 Å². The van der Waals surface area contributed by atoms with Crippen LogP contribution in [0.3, 0.4) is 0 Å². The first-order valence-electron chi connectivity index (χ1n) is 6.74. The first kappa shape index (κ1) is 15.1. The van der Waals surface area contributed by atoms with Crippen LogP contribution in [0.15, 0.2) is 35.7 Å². The van der Waals surface area contributed by atoms with E-state index in [2.05, 4.69) is 47.7 Å². The fourth-order valence-corrected chi connectivity index (χ4v) is 1.89. The fraction of sp³-hybridized carbons (Fsp3) is 0.0769. The Morgan fingerprint density at radius 3 is 2.71 bits per heavy atom. The lowest BCUT2D eigenvalue weighted by atomic mass is 10.2. The number of aromatic nitrogens is 6. The van der Waals surface area contributed by atoms with Crippen molar-refractivity contribution in [2.24, 2.45) is 0 Å². The van der Waals surface area contributed by atoms with Crippen molar-refractivity contribution in [1.82, 2.24) is 41.1 Å². The van der Waals surface area contributed by atoms with Crippen molar-refractivity contribution in [1.29, 1.82) is 0 Å². The van der Waals surface area contributed by atoms with Crippen LogP contribution in [0.25, 0.3) is 11.5 Å². The molecule has 0 saturated carbocycles. The molecular formula is C13H13N9O2. The third-order valence-electron chi connectivity index (χ3n) is 3.16. The minimum absolute atomic E-state index is 0.0409. The maximum Gasteiger partial charge on any atom is 0.292 e. The number of hydrogen-bond donors (Lipinski definition) is 3. The maximum atomic E-state index is 12.2. The third-order valence-corrected chi connectivity index (χ3v) is 3.16. The largest absolute Gasteiger partial charge is 0.378 e. The molecule has 0 saturated heterocycles. The molecule has 0 unspecified atom stereocenters. The van der Waals surface area contributed by atoms with Gasteiger partial charge in [0, 0.05) is 18.0 Å². The molecule has 122 valence electrons. The maximum absolute atomic E-state index is 12.2. The number of amides is 1. The summed E-state index contributed by atoms with van der Waals surface area (Å²) in [5.74, 6) is -0.295. The standard InChI is InChI=1S/C13H13N9O2/c1-7(9-3-5-15-6-4-9)16-18-13(23)10-8(2)22(21-17-10)12-11(14)19-24-20-12/h3-6,16H,1H2,2H3,(H2,14,19)(H,18,23). The van der Waals surface area contributed by atoms with E-state index in [4.69, 9.17) is 5.73 Å². The molecule has 3 heterocycles. The van der Waals surface area contributed by atoms with Crippen LogP contribution < -0.4 is 16.6 Å². The predicted octanol–water partition coefficient (Wildman–Crippen LogP) is -0.159. The van der Waals surface area contributed by atoms with Gasteiger partial charge in [-0.05, 0) is 29.4 Å². The molecule has 3 rings (SSSR count). The highest BCUT2D eigenvalue weighted by Crippen LogP contribution is 2.14. The minimum atomic E-state index is -0.496. The molecule has 0 bridgehead atoms. The summed E-state index contributed by atoms with van der Waals surface area (Å²) in [6, 6.07) is 3.51. The van der Waals surface area contributed by atoms with Crippen LogP contribution in [0, 0.1) is 6.92 Å². The van der Waals surface area contributed by atoms with Crippen molar-refractivity contribution in [2.45, 2.75) is 6.92 Å². The molecule has 11 heteroatoms.